The Labute approximate surface area is 126 Å². The SMILES string of the molecule is COc1c(C2CC(CN)CN2C)ccc2c1OCCCO2. The molecule has 5 nitrogen and oxygen atoms in total. The summed E-state index contributed by atoms with van der Waals surface area (Å²) < 4.78 is 17.3. The molecule has 0 amide bonds. The zero-order valence-electron chi connectivity index (χ0n) is 12.8. The van der Waals surface area contributed by atoms with E-state index < -0.39 is 0 Å². The van der Waals surface area contributed by atoms with E-state index in [0.717, 1.165) is 43.2 Å². The number of nitrogens with zero attached hydrogens (tertiary/aromatic N) is 1. The Morgan fingerprint density at radius 3 is 2.86 bits per heavy atom. The lowest BCUT2D eigenvalue weighted by Gasteiger charge is -2.23. The minimum atomic E-state index is 0.325. The van der Waals surface area contributed by atoms with Crippen LogP contribution in [0, 0.1) is 5.92 Å². The normalized spacial score (nSPS) is 25.7. The van der Waals surface area contributed by atoms with E-state index in [1.165, 1.54) is 5.56 Å². The third-order valence-corrected chi connectivity index (χ3v) is 4.43. The molecule has 1 fully saturated rings. The molecule has 3 rings (SSSR count). The number of likely N-dealkylation sites (tertiary alicyclic amines) is 1. The van der Waals surface area contributed by atoms with Gasteiger partial charge in [-0.1, -0.05) is 0 Å². The maximum atomic E-state index is 5.87. The van der Waals surface area contributed by atoms with Crippen LogP contribution in [0.4, 0.5) is 0 Å². The first-order valence-electron chi connectivity index (χ1n) is 7.61. The van der Waals surface area contributed by atoms with Gasteiger partial charge in [0.15, 0.2) is 11.5 Å². The van der Waals surface area contributed by atoms with Crippen molar-refractivity contribution in [1.29, 1.82) is 0 Å². The van der Waals surface area contributed by atoms with Gasteiger partial charge in [0, 0.05) is 24.6 Å². The molecule has 1 aromatic rings. The summed E-state index contributed by atoms with van der Waals surface area (Å²) in [5.41, 5.74) is 7.00. The molecule has 2 N–H and O–H groups in total. The highest BCUT2D eigenvalue weighted by atomic mass is 16.5. The molecule has 2 aliphatic heterocycles. The van der Waals surface area contributed by atoms with E-state index in [0.29, 0.717) is 25.2 Å². The molecule has 2 heterocycles. The smallest absolute Gasteiger partial charge is 0.203 e. The highest BCUT2D eigenvalue weighted by molar-refractivity contribution is 5.57. The lowest BCUT2D eigenvalue weighted by Crippen LogP contribution is -2.21. The molecule has 5 heteroatoms. The van der Waals surface area contributed by atoms with Crippen LogP contribution in [-0.2, 0) is 0 Å². The molecular formula is C16H24N2O3. The molecule has 2 unspecified atom stereocenters. The largest absolute Gasteiger partial charge is 0.492 e. The van der Waals surface area contributed by atoms with Crippen LogP contribution in [-0.4, -0.2) is 45.4 Å². The number of methoxy groups -OCH3 is 1. The summed E-state index contributed by atoms with van der Waals surface area (Å²) in [7, 11) is 3.84. The van der Waals surface area contributed by atoms with E-state index in [9.17, 15) is 0 Å². The highest BCUT2D eigenvalue weighted by Gasteiger charge is 2.33. The van der Waals surface area contributed by atoms with Crippen LogP contribution in [0.15, 0.2) is 12.1 Å². The predicted octanol–water partition coefficient (Wildman–Crippen LogP) is 1.81. The van der Waals surface area contributed by atoms with Crippen molar-refractivity contribution < 1.29 is 14.2 Å². The summed E-state index contributed by atoms with van der Waals surface area (Å²) in [5.74, 6) is 2.88. The van der Waals surface area contributed by atoms with Crippen molar-refractivity contribution in [3.05, 3.63) is 17.7 Å². The molecule has 0 aromatic heterocycles. The van der Waals surface area contributed by atoms with Crippen molar-refractivity contribution in [1.82, 2.24) is 4.90 Å². The lowest BCUT2D eigenvalue weighted by atomic mass is 9.98. The third-order valence-electron chi connectivity index (χ3n) is 4.43. The van der Waals surface area contributed by atoms with Crippen LogP contribution in [0.2, 0.25) is 0 Å². The molecule has 1 aromatic carbocycles. The fourth-order valence-electron chi connectivity index (χ4n) is 3.34. The minimum Gasteiger partial charge on any atom is -0.492 e. The summed E-state index contributed by atoms with van der Waals surface area (Å²) in [6.07, 6.45) is 1.95. The fourth-order valence-corrected chi connectivity index (χ4v) is 3.34. The van der Waals surface area contributed by atoms with Gasteiger partial charge < -0.3 is 19.9 Å². The monoisotopic (exact) mass is 292 g/mol. The van der Waals surface area contributed by atoms with Crippen LogP contribution in [0.1, 0.15) is 24.4 Å². The topological polar surface area (TPSA) is 57.0 Å². The van der Waals surface area contributed by atoms with Gasteiger partial charge in [0.05, 0.1) is 20.3 Å². The number of rotatable bonds is 3. The first-order chi connectivity index (χ1) is 10.2. The predicted molar refractivity (Wildman–Crippen MR) is 81.1 cm³/mol. The van der Waals surface area contributed by atoms with Crippen LogP contribution >= 0.6 is 0 Å². The molecular weight excluding hydrogens is 268 g/mol. The first-order valence-corrected chi connectivity index (χ1v) is 7.61. The van der Waals surface area contributed by atoms with Crippen LogP contribution in [0.25, 0.3) is 0 Å². The average Bonchev–Trinajstić information content (AvgIpc) is 2.72. The van der Waals surface area contributed by atoms with E-state index in [-0.39, 0.29) is 0 Å². The van der Waals surface area contributed by atoms with Crippen LogP contribution in [0.3, 0.4) is 0 Å². The van der Waals surface area contributed by atoms with Gasteiger partial charge in [-0.25, -0.2) is 0 Å². The number of hydrogen-bond donors (Lipinski definition) is 1. The Bertz CT molecular complexity index is 507. The molecule has 0 spiro atoms. The summed E-state index contributed by atoms with van der Waals surface area (Å²) in [6.45, 7) is 3.11. The van der Waals surface area contributed by atoms with E-state index in [1.54, 1.807) is 7.11 Å². The molecule has 21 heavy (non-hydrogen) atoms. The van der Waals surface area contributed by atoms with Gasteiger partial charge in [0.1, 0.15) is 0 Å². The molecule has 116 valence electrons. The van der Waals surface area contributed by atoms with Gasteiger partial charge in [-0.2, -0.15) is 0 Å². The second-order valence-corrected chi connectivity index (χ2v) is 5.86. The van der Waals surface area contributed by atoms with Gasteiger partial charge >= 0.3 is 0 Å². The second kappa shape index (κ2) is 6.12. The lowest BCUT2D eigenvalue weighted by molar-refractivity contribution is 0.279. The maximum Gasteiger partial charge on any atom is 0.203 e. The van der Waals surface area contributed by atoms with Gasteiger partial charge in [-0.15, -0.1) is 0 Å². The molecule has 0 radical (unpaired) electrons. The van der Waals surface area contributed by atoms with Gasteiger partial charge in [-0.05, 0) is 38.1 Å². The maximum absolute atomic E-state index is 5.87. The van der Waals surface area contributed by atoms with Crippen LogP contribution < -0.4 is 19.9 Å². The van der Waals surface area contributed by atoms with Crippen molar-refractivity contribution in [2.24, 2.45) is 11.7 Å². The quantitative estimate of drug-likeness (QED) is 0.921. The van der Waals surface area contributed by atoms with Gasteiger partial charge in [0.2, 0.25) is 5.75 Å². The Hall–Kier alpha value is -1.46. The molecule has 0 aliphatic carbocycles. The molecule has 1 saturated heterocycles. The average molecular weight is 292 g/mol. The van der Waals surface area contributed by atoms with Crippen molar-refractivity contribution in [3.63, 3.8) is 0 Å². The Morgan fingerprint density at radius 1 is 1.33 bits per heavy atom. The zero-order valence-corrected chi connectivity index (χ0v) is 12.8. The molecule has 2 atom stereocenters. The van der Waals surface area contributed by atoms with Gasteiger partial charge in [-0.3, -0.25) is 4.90 Å². The van der Waals surface area contributed by atoms with E-state index in [1.807, 2.05) is 6.07 Å². The summed E-state index contributed by atoms with van der Waals surface area (Å²) in [5, 5.41) is 0. The molecule has 0 saturated carbocycles. The zero-order chi connectivity index (χ0) is 14.8. The molecule has 2 aliphatic rings. The third kappa shape index (κ3) is 2.68. The van der Waals surface area contributed by atoms with Crippen molar-refractivity contribution in [3.8, 4) is 17.2 Å². The van der Waals surface area contributed by atoms with Crippen molar-refractivity contribution in [2.75, 3.05) is 40.5 Å². The highest BCUT2D eigenvalue weighted by Crippen LogP contribution is 2.47. The first kappa shape index (κ1) is 14.5. The minimum absolute atomic E-state index is 0.325. The number of hydrogen-bond acceptors (Lipinski definition) is 5. The Kier molecular flexibility index (Phi) is 4.22. The summed E-state index contributed by atoms with van der Waals surface area (Å²) in [4.78, 5) is 2.35. The Balaban J connectivity index is 1.97. The van der Waals surface area contributed by atoms with Crippen molar-refractivity contribution in [2.45, 2.75) is 18.9 Å². The van der Waals surface area contributed by atoms with E-state index >= 15 is 0 Å². The van der Waals surface area contributed by atoms with E-state index in [4.69, 9.17) is 19.9 Å². The van der Waals surface area contributed by atoms with Gasteiger partial charge in [0.25, 0.3) is 0 Å². The number of fused-ring (bicyclic) bond motifs is 1. The fraction of sp³-hybridized carbons (Fsp3) is 0.625. The molecule has 0 bridgehead atoms. The second-order valence-electron chi connectivity index (χ2n) is 5.86. The summed E-state index contributed by atoms with van der Waals surface area (Å²) in [6, 6.07) is 4.43. The Morgan fingerprint density at radius 2 is 2.14 bits per heavy atom. The van der Waals surface area contributed by atoms with Crippen molar-refractivity contribution >= 4 is 0 Å². The standard InChI is InChI=1S/C16H24N2O3/c1-18-10-11(9-17)8-13(18)12-4-5-14-16(15(12)19-2)21-7-3-6-20-14/h4-5,11,13H,3,6-10,17H2,1-2H3. The number of nitrogens with two attached hydrogens (primary N) is 1. The van der Waals surface area contributed by atoms with Crippen LogP contribution in [0.5, 0.6) is 17.2 Å². The number of ether oxygens (including phenoxy) is 3. The number of benzene rings is 1. The van der Waals surface area contributed by atoms with E-state index in [2.05, 4.69) is 18.0 Å². The summed E-state index contributed by atoms with van der Waals surface area (Å²) >= 11 is 0.